The quantitative estimate of drug-likeness (QED) is 0.0201. The molecule has 6 unspecified atom stereocenters. The summed E-state index contributed by atoms with van der Waals surface area (Å²) in [4.78, 5) is 12.8. The van der Waals surface area contributed by atoms with Crippen LogP contribution in [0.1, 0.15) is 174 Å². The third-order valence-electron chi connectivity index (χ3n) is 9.98. The highest BCUT2D eigenvalue weighted by Crippen LogP contribution is 2.26. The molecule has 0 aromatic rings. The lowest BCUT2D eigenvalue weighted by Crippen LogP contribution is -2.60. The number of carbonyl (C=O) groups is 1. The van der Waals surface area contributed by atoms with E-state index in [2.05, 4.69) is 54.5 Å². The summed E-state index contributed by atoms with van der Waals surface area (Å²) in [5.41, 5.74) is 0. The van der Waals surface area contributed by atoms with Gasteiger partial charge in [-0.1, -0.05) is 140 Å². The number of carbonyl (C=O) groups excluding carboxylic acids is 1. The molecule has 0 amide bonds. The van der Waals surface area contributed by atoms with Crippen LogP contribution in [0.4, 0.5) is 0 Å². The van der Waals surface area contributed by atoms with Gasteiger partial charge in [0.2, 0.25) is 0 Å². The van der Waals surface area contributed by atoms with Crippen molar-refractivity contribution in [2.75, 3.05) is 26.4 Å². The Morgan fingerprint density at radius 2 is 1.18 bits per heavy atom. The summed E-state index contributed by atoms with van der Waals surface area (Å²) in [6.45, 7) is 3.91. The highest BCUT2D eigenvalue weighted by Gasteiger charge is 2.48. The molecular weight excluding hydrogens is 753 g/mol. The van der Waals surface area contributed by atoms with Gasteiger partial charge < -0.3 is 34.3 Å². The SMILES string of the molecule is CCCC/C=C\CCCCCCCCOCC(COC1OC(CO)C(O)C(OS(=O)(=O)O)C1O)OC(=O)CCCCCCCCC/C=C\C/C=C\CCCCCC. The Hall–Kier alpha value is -1.68. The molecule has 0 spiro atoms. The van der Waals surface area contributed by atoms with E-state index >= 15 is 0 Å². The predicted molar refractivity (Wildman–Crippen MR) is 225 cm³/mol. The van der Waals surface area contributed by atoms with Crippen LogP contribution < -0.4 is 0 Å². The number of esters is 1. The molecule has 1 fully saturated rings. The first-order chi connectivity index (χ1) is 27.6. The number of aliphatic hydroxyl groups is 3. The van der Waals surface area contributed by atoms with Crippen LogP contribution in [-0.2, 0) is 38.3 Å². The van der Waals surface area contributed by atoms with Gasteiger partial charge in [0.15, 0.2) is 6.29 Å². The van der Waals surface area contributed by atoms with Gasteiger partial charge in [-0.2, -0.15) is 8.42 Å². The van der Waals surface area contributed by atoms with E-state index in [4.69, 9.17) is 23.5 Å². The molecule has 0 radical (unpaired) electrons. The van der Waals surface area contributed by atoms with E-state index in [1.807, 2.05) is 0 Å². The summed E-state index contributed by atoms with van der Waals surface area (Å²) in [5.74, 6) is -0.410. The number of hydrogen-bond donors (Lipinski definition) is 4. The fraction of sp³-hybridized carbons (Fsp3) is 0.841. The summed E-state index contributed by atoms with van der Waals surface area (Å²) in [6.07, 6.45) is 31.7. The topological polar surface area (TPSA) is 178 Å². The van der Waals surface area contributed by atoms with Gasteiger partial charge in [-0.3, -0.25) is 9.35 Å². The highest BCUT2D eigenvalue weighted by atomic mass is 32.3. The normalized spacial score (nSPS) is 21.0. The van der Waals surface area contributed by atoms with Crippen molar-refractivity contribution in [2.24, 2.45) is 0 Å². The Morgan fingerprint density at radius 1 is 0.667 bits per heavy atom. The van der Waals surface area contributed by atoms with Crippen molar-refractivity contribution in [3.05, 3.63) is 36.5 Å². The fourth-order valence-corrected chi connectivity index (χ4v) is 7.07. The smallest absolute Gasteiger partial charge is 0.397 e. The van der Waals surface area contributed by atoms with Gasteiger partial charge in [0, 0.05) is 13.0 Å². The van der Waals surface area contributed by atoms with E-state index in [9.17, 15) is 28.5 Å². The third kappa shape index (κ3) is 30.1. The van der Waals surface area contributed by atoms with Gasteiger partial charge in [-0.15, -0.1) is 0 Å². The molecule has 0 aromatic carbocycles. The number of rotatable bonds is 38. The first-order valence-electron chi connectivity index (χ1n) is 22.2. The Labute approximate surface area is 345 Å². The molecule has 1 saturated heterocycles. The monoisotopic (exact) mass is 833 g/mol. The Bertz CT molecular complexity index is 1140. The minimum absolute atomic E-state index is 0.0287. The van der Waals surface area contributed by atoms with Crippen LogP contribution in [0.15, 0.2) is 36.5 Å². The molecule has 334 valence electrons. The predicted octanol–water partition coefficient (Wildman–Crippen LogP) is 9.02. The Balaban J connectivity index is 2.44. The molecule has 1 heterocycles. The number of ether oxygens (including phenoxy) is 4. The Morgan fingerprint density at radius 3 is 1.74 bits per heavy atom. The van der Waals surface area contributed by atoms with E-state index in [0.29, 0.717) is 13.0 Å². The molecule has 0 saturated carbocycles. The van der Waals surface area contributed by atoms with Gasteiger partial charge in [0.05, 0.1) is 19.8 Å². The van der Waals surface area contributed by atoms with Gasteiger partial charge in [-0.25, -0.2) is 4.18 Å². The van der Waals surface area contributed by atoms with Crippen molar-refractivity contribution >= 4 is 16.4 Å². The van der Waals surface area contributed by atoms with Gasteiger partial charge in [-0.05, 0) is 64.2 Å². The maximum atomic E-state index is 12.8. The molecule has 12 nitrogen and oxygen atoms in total. The molecular formula is C44H80O12S. The fourth-order valence-electron chi connectivity index (χ4n) is 6.56. The van der Waals surface area contributed by atoms with Crippen LogP contribution in [0.3, 0.4) is 0 Å². The minimum atomic E-state index is -5.06. The molecule has 4 N–H and O–H groups in total. The van der Waals surface area contributed by atoms with Gasteiger partial charge in [0.25, 0.3) is 0 Å². The molecule has 0 aromatic heterocycles. The number of allylic oxidation sites excluding steroid dienone is 6. The van der Waals surface area contributed by atoms with E-state index in [1.165, 1.54) is 83.5 Å². The lowest BCUT2D eigenvalue weighted by Gasteiger charge is -2.41. The van der Waals surface area contributed by atoms with E-state index < -0.39 is 59.8 Å². The van der Waals surface area contributed by atoms with Crippen molar-refractivity contribution in [1.82, 2.24) is 0 Å². The van der Waals surface area contributed by atoms with E-state index in [0.717, 1.165) is 64.2 Å². The largest absolute Gasteiger partial charge is 0.457 e. The molecule has 13 heteroatoms. The second-order valence-corrected chi connectivity index (χ2v) is 16.3. The second kappa shape index (κ2) is 36.2. The van der Waals surface area contributed by atoms with Crippen molar-refractivity contribution < 1.29 is 56.2 Å². The lowest BCUT2D eigenvalue weighted by molar-refractivity contribution is -0.301. The maximum Gasteiger partial charge on any atom is 0.397 e. The average Bonchev–Trinajstić information content (AvgIpc) is 3.18. The summed E-state index contributed by atoms with van der Waals surface area (Å²) in [5, 5.41) is 30.6. The number of unbranched alkanes of at least 4 members (excludes halogenated alkanes) is 19. The van der Waals surface area contributed by atoms with Gasteiger partial charge in [0.1, 0.15) is 30.5 Å². The summed E-state index contributed by atoms with van der Waals surface area (Å²) < 4.78 is 59.0. The van der Waals surface area contributed by atoms with Crippen LogP contribution in [-0.4, -0.2) is 97.5 Å². The minimum Gasteiger partial charge on any atom is -0.457 e. The zero-order valence-electron chi connectivity index (χ0n) is 35.4. The molecule has 57 heavy (non-hydrogen) atoms. The Kier molecular flexibility index (Phi) is 33.9. The zero-order chi connectivity index (χ0) is 41.8. The third-order valence-corrected chi connectivity index (χ3v) is 10.5. The van der Waals surface area contributed by atoms with E-state index in [1.54, 1.807) is 0 Å². The van der Waals surface area contributed by atoms with Crippen molar-refractivity contribution in [3.63, 3.8) is 0 Å². The lowest BCUT2D eigenvalue weighted by atomic mass is 9.99. The van der Waals surface area contributed by atoms with E-state index in [-0.39, 0.29) is 19.6 Å². The molecule has 0 aliphatic carbocycles. The highest BCUT2D eigenvalue weighted by molar-refractivity contribution is 7.80. The molecule has 6 atom stereocenters. The van der Waals surface area contributed by atoms with Crippen molar-refractivity contribution in [1.29, 1.82) is 0 Å². The average molecular weight is 833 g/mol. The van der Waals surface area contributed by atoms with Crippen LogP contribution in [0, 0.1) is 0 Å². The standard InChI is InChI=1S/C44H80O12S/c1-3-5-7-9-11-13-15-17-18-19-20-21-22-23-25-27-29-31-33-40(46)54-38(36-52-34-32-30-28-26-24-16-14-12-10-8-6-4-2)37-53-44-42(48)43(56-57(49,50)51)41(47)39(35-45)55-44/h10,12-13,15,18-19,38-39,41-45,47-48H,3-9,11,14,16-17,20-37H2,1-2H3,(H,49,50,51)/b12-10-,15-13-,19-18-. The van der Waals surface area contributed by atoms with Gasteiger partial charge >= 0.3 is 16.4 Å². The molecule has 1 aliphatic heterocycles. The van der Waals surface area contributed by atoms with Crippen LogP contribution >= 0.6 is 0 Å². The maximum absolute atomic E-state index is 12.8. The van der Waals surface area contributed by atoms with Crippen LogP contribution in [0.25, 0.3) is 0 Å². The molecule has 1 rings (SSSR count). The summed E-state index contributed by atoms with van der Waals surface area (Å²) in [6, 6.07) is 0. The first-order valence-corrected chi connectivity index (χ1v) is 23.6. The van der Waals surface area contributed by atoms with Crippen LogP contribution in [0.2, 0.25) is 0 Å². The second-order valence-electron chi connectivity index (χ2n) is 15.3. The number of hydrogen-bond acceptors (Lipinski definition) is 11. The van der Waals surface area contributed by atoms with Crippen LogP contribution in [0.5, 0.6) is 0 Å². The number of aliphatic hydroxyl groups excluding tert-OH is 3. The van der Waals surface area contributed by atoms with Crippen molar-refractivity contribution in [2.45, 2.75) is 211 Å². The summed E-state index contributed by atoms with van der Waals surface area (Å²) in [7, 11) is -5.06. The molecule has 0 bridgehead atoms. The van der Waals surface area contributed by atoms with Crippen molar-refractivity contribution in [3.8, 4) is 0 Å². The molecule has 1 aliphatic rings. The first kappa shape index (κ1) is 53.3. The summed E-state index contributed by atoms with van der Waals surface area (Å²) >= 11 is 0. The zero-order valence-corrected chi connectivity index (χ0v) is 36.2.